The van der Waals surface area contributed by atoms with E-state index in [9.17, 15) is 9.59 Å². The second kappa shape index (κ2) is 5.35. The van der Waals surface area contributed by atoms with Crippen LogP contribution in [0.3, 0.4) is 0 Å². The Labute approximate surface area is 145 Å². The third-order valence-corrected chi connectivity index (χ3v) is 5.21. The molecule has 4 nitrogen and oxygen atoms in total. The first kappa shape index (κ1) is 15.2. The lowest BCUT2D eigenvalue weighted by Crippen LogP contribution is -2.51. The molecular formula is C19H17ClN2O2. The van der Waals surface area contributed by atoms with Gasteiger partial charge in [0.05, 0.1) is 0 Å². The van der Waals surface area contributed by atoms with E-state index < -0.39 is 5.66 Å². The van der Waals surface area contributed by atoms with E-state index in [4.69, 9.17) is 11.6 Å². The number of fused-ring (bicyclic) bond motifs is 3. The lowest BCUT2D eigenvalue weighted by molar-refractivity contribution is -0.136. The Morgan fingerprint density at radius 1 is 1.12 bits per heavy atom. The van der Waals surface area contributed by atoms with Gasteiger partial charge in [0.25, 0.3) is 5.91 Å². The maximum atomic E-state index is 12.9. The highest BCUT2D eigenvalue weighted by atomic mass is 35.5. The van der Waals surface area contributed by atoms with Crippen LogP contribution in [0.2, 0.25) is 5.02 Å². The highest BCUT2D eigenvalue weighted by Gasteiger charge is 2.59. The molecule has 2 aromatic rings. The number of carbonyl (C=O) groups is 2. The Hall–Kier alpha value is -2.33. The quantitative estimate of drug-likeness (QED) is 0.842. The molecule has 0 saturated carbocycles. The van der Waals surface area contributed by atoms with Crippen molar-refractivity contribution < 1.29 is 9.59 Å². The average Bonchev–Trinajstić information content (AvgIpc) is 3.11. The molecule has 0 radical (unpaired) electrons. The molecule has 2 aliphatic rings. The highest BCUT2D eigenvalue weighted by Crippen LogP contribution is 2.49. The highest BCUT2D eigenvalue weighted by molar-refractivity contribution is 6.30. The molecule has 2 aromatic carbocycles. The first-order chi connectivity index (χ1) is 11.6. The molecule has 1 saturated heterocycles. The molecule has 2 amide bonds. The Kier molecular flexibility index (Phi) is 3.39. The van der Waals surface area contributed by atoms with Gasteiger partial charge in [-0.1, -0.05) is 48.9 Å². The topological polar surface area (TPSA) is 40.6 Å². The number of halogens is 1. The molecule has 0 aromatic heterocycles. The molecule has 122 valence electrons. The maximum absolute atomic E-state index is 12.9. The van der Waals surface area contributed by atoms with Gasteiger partial charge in [0, 0.05) is 41.2 Å². The van der Waals surface area contributed by atoms with Crippen LogP contribution in [-0.4, -0.2) is 34.7 Å². The monoisotopic (exact) mass is 340 g/mol. The molecular weight excluding hydrogens is 324 g/mol. The summed E-state index contributed by atoms with van der Waals surface area (Å²) in [6, 6.07) is 15.0. The van der Waals surface area contributed by atoms with Crippen LogP contribution in [0.25, 0.3) is 0 Å². The molecule has 0 N–H and O–H groups in total. The van der Waals surface area contributed by atoms with Crippen LogP contribution in [0.4, 0.5) is 0 Å². The van der Waals surface area contributed by atoms with E-state index in [0.29, 0.717) is 30.1 Å². The summed E-state index contributed by atoms with van der Waals surface area (Å²) in [6.07, 6.45) is 0.402. The van der Waals surface area contributed by atoms with Gasteiger partial charge in [-0.3, -0.25) is 9.59 Å². The SMILES string of the molecule is CCC(=O)N1CCN2C(=O)c3ccccc3C12c1ccc(Cl)cc1. The zero-order chi connectivity index (χ0) is 16.9. The van der Waals surface area contributed by atoms with Crippen molar-refractivity contribution in [2.24, 2.45) is 0 Å². The summed E-state index contributed by atoms with van der Waals surface area (Å²) >= 11 is 6.05. The molecule has 4 rings (SSSR count). The van der Waals surface area contributed by atoms with Crippen molar-refractivity contribution in [3.63, 3.8) is 0 Å². The van der Waals surface area contributed by atoms with Gasteiger partial charge >= 0.3 is 0 Å². The molecule has 2 aliphatic heterocycles. The number of hydrogen-bond acceptors (Lipinski definition) is 2. The molecule has 2 heterocycles. The lowest BCUT2D eigenvalue weighted by atomic mass is 9.89. The van der Waals surface area contributed by atoms with Gasteiger partial charge in [0.2, 0.25) is 5.91 Å². The smallest absolute Gasteiger partial charge is 0.256 e. The number of benzene rings is 2. The lowest BCUT2D eigenvalue weighted by Gasteiger charge is -2.40. The van der Waals surface area contributed by atoms with Crippen LogP contribution in [0, 0.1) is 0 Å². The predicted molar refractivity (Wildman–Crippen MR) is 91.7 cm³/mol. The summed E-state index contributed by atoms with van der Waals surface area (Å²) in [5, 5.41) is 0.630. The van der Waals surface area contributed by atoms with Crippen LogP contribution in [0.1, 0.15) is 34.8 Å². The van der Waals surface area contributed by atoms with Gasteiger partial charge in [-0.15, -0.1) is 0 Å². The number of carbonyl (C=O) groups excluding carboxylic acids is 2. The van der Waals surface area contributed by atoms with E-state index in [0.717, 1.165) is 11.1 Å². The summed E-state index contributed by atoms with van der Waals surface area (Å²) in [6.45, 7) is 2.92. The van der Waals surface area contributed by atoms with Gasteiger partial charge in [-0.25, -0.2) is 0 Å². The largest absolute Gasteiger partial charge is 0.310 e. The molecule has 24 heavy (non-hydrogen) atoms. The van der Waals surface area contributed by atoms with E-state index in [1.54, 1.807) is 0 Å². The fourth-order valence-corrected chi connectivity index (χ4v) is 4.10. The van der Waals surface area contributed by atoms with Crippen LogP contribution < -0.4 is 0 Å². The van der Waals surface area contributed by atoms with Crippen LogP contribution in [0.5, 0.6) is 0 Å². The molecule has 1 fully saturated rings. The predicted octanol–water partition coefficient (Wildman–Crippen LogP) is 3.25. The molecule has 5 heteroatoms. The van der Waals surface area contributed by atoms with E-state index in [1.165, 1.54) is 0 Å². The van der Waals surface area contributed by atoms with Crippen molar-refractivity contribution in [3.05, 3.63) is 70.2 Å². The van der Waals surface area contributed by atoms with E-state index in [-0.39, 0.29) is 11.8 Å². The van der Waals surface area contributed by atoms with Crippen molar-refractivity contribution in [2.45, 2.75) is 19.0 Å². The standard InChI is InChI=1S/C19H17ClN2O2/c1-2-17(23)21-11-12-22-18(24)15-5-3-4-6-16(15)19(21,22)13-7-9-14(20)10-8-13/h3-10H,2,11-12H2,1H3. The van der Waals surface area contributed by atoms with Gasteiger partial charge in [-0.05, 0) is 18.2 Å². The summed E-state index contributed by atoms with van der Waals surface area (Å²) in [5.74, 6) is 0.0175. The van der Waals surface area contributed by atoms with E-state index in [2.05, 4.69) is 0 Å². The van der Waals surface area contributed by atoms with Crippen LogP contribution >= 0.6 is 11.6 Å². The first-order valence-electron chi connectivity index (χ1n) is 8.08. The van der Waals surface area contributed by atoms with Gasteiger partial charge in [-0.2, -0.15) is 0 Å². The number of hydrogen-bond donors (Lipinski definition) is 0. The number of amides is 2. The number of rotatable bonds is 2. The Balaban J connectivity index is 2.02. The van der Waals surface area contributed by atoms with Crippen molar-refractivity contribution in [3.8, 4) is 0 Å². The van der Waals surface area contributed by atoms with Crippen LogP contribution in [-0.2, 0) is 10.5 Å². The summed E-state index contributed by atoms with van der Waals surface area (Å²) in [7, 11) is 0. The van der Waals surface area contributed by atoms with Crippen molar-refractivity contribution in [1.82, 2.24) is 9.80 Å². The fraction of sp³-hybridized carbons (Fsp3) is 0.263. The molecule has 1 unspecified atom stereocenters. The fourth-order valence-electron chi connectivity index (χ4n) is 3.97. The average molecular weight is 341 g/mol. The van der Waals surface area contributed by atoms with Gasteiger partial charge in [0.1, 0.15) is 0 Å². The maximum Gasteiger partial charge on any atom is 0.256 e. The minimum absolute atomic E-state index is 0.0213. The minimum atomic E-state index is -0.856. The zero-order valence-corrected chi connectivity index (χ0v) is 14.1. The normalized spacial score (nSPS) is 21.8. The summed E-state index contributed by atoms with van der Waals surface area (Å²) in [5.41, 5.74) is 1.58. The van der Waals surface area contributed by atoms with Crippen molar-refractivity contribution in [1.29, 1.82) is 0 Å². The second-order valence-corrected chi connectivity index (χ2v) is 6.52. The molecule has 0 bridgehead atoms. The Bertz CT molecular complexity index is 834. The number of nitrogens with zero attached hydrogens (tertiary/aromatic N) is 2. The molecule has 1 atom stereocenters. The molecule has 0 aliphatic carbocycles. The second-order valence-electron chi connectivity index (χ2n) is 6.08. The van der Waals surface area contributed by atoms with Gasteiger partial charge < -0.3 is 9.80 Å². The summed E-state index contributed by atoms with van der Waals surface area (Å²) < 4.78 is 0. The van der Waals surface area contributed by atoms with Crippen molar-refractivity contribution >= 4 is 23.4 Å². The first-order valence-corrected chi connectivity index (χ1v) is 8.46. The third kappa shape index (κ3) is 1.80. The Morgan fingerprint density at radius 3 is 2.54 bits per heavy atom. The van der Waals surface area contributed by atoms with E-state index >= 15 is 0 Å². The van der Waals surface area contributed by atoms with Crippen molar-refractivity contribution in [2.75, 3.05) is 13.1 Å². The molecule has 0 spiro atoms. The van der Waals surface area contributed by atoms with Crippen LogP contribution in [0.15, 0.2) is 48.5 Å². The summed E-state index contributed by atoms with van der Waals surface area (Å²) in [4.78, 5) is 29.3. The Morgan fingerprint density at radius 2 is 1.83 bits per heavy atom. The zero-order valence-electron chi connectivity index (χ0n) is 13.3. The van der Waals surface area contributed by atoms with E-state index in [1.807, 2.05) is 65.3 Å². The minimum Gasteiger partial charge on any atom is -0.310 e. The van der Waals surface area contributed by atoms with Gasteiger partial charge in [0.15, 0.2) is 5.66 Å². The third-order valence-electron chi connectivity index (χ3n) is 4.96.